The first-order chi connectivity index (χ1) is 18.6. The van der Waals surface area contributed by atoms with Crippen molar-refractivity contribution in [3.05, 3.63) is 77.7 Å². The quantitative estimate of drug-likeness (QED) is 0.304. The second-order valence-corrected chi connectivity index (χ2v) is 11.3. The van der Waals surface area contributed by atoms with E-state index in [1.54, 1.807) is 30.5 Å². The lowest BCUT2D eigenvalue weighted by Gasteiger charge is -2.29. The Kier molecular flexibility index (Phi) is 8.84. The lowest BCUT2D eigenvalue weighted by atomic mass is 9.80. The number of nitrogens with one attached hydrogen (secondary N) is 2. The van der Waals surface area contributed by atoms with Gasteiger partial charge in [0.2, 0.25) is 5.91 Å². The maximum absolute atomic E-state index is 13.4. The number of carbonyl (C=O) groups is 3. The van der Waals surface area contributed by atoms with Crippen LogP contribution in [0, 0.1) is 11.8 Å². The zero-order valence-electron chi connectivity index (χ0n) is 22.8. The third kappa shape index (κ3) is 8.02. The van der Waals surface area contributed by atoms with Crippen LogP contribution in [0.3, 0.4) is 0 Å². The van der Waals surface area contributed by atoms with Gasteiger partial charge in [-0.15, -0.1) is 0 Å². The highest BCUT2D eigenvalue weighted by molar-refractivity contribution is 5.88. The van der Waals surface area contributed by atoms with Gasteiger partial charge in [-0.05, 0) is 82.1 Å². The van der Waals surface area contributed by atoms with Gasteiger partial charge in [0.25, 0.3) is 0 Å². The molecule has 0 spiro atoms. The van der Waals surface area contributed by atoms with E-state index in [-0.39, 0.29) is 35.3 Å². The number of aromatic nitrogens is 2. The molecule has 1 saturated carbocycles. The van der Waals surface area contributed by atoms with Gasteiger partial charge in [0.05, 0.1) is 23.5 Å². The molecule has 1 amide bonds. The summed E-state index contributed by atoms with van der Waals surface area (Å²) in [6.07, 6.45) is 5.77. The van der Waals surface area contributed by atoms with Crippen LogP contribution in [0.1, 0.15) is 80.7 Å². The third-order valence-corrected chi connectivity index (χ3v) is 7.06. The molecule has 0 saturated heterocycles. The number of amides is 1. The van der Waals surface area contributed by atoms with E-state index in [4.69, 9.17) is 9.84 Å². The zero-order chi connectivity index (χ0) is 28.0. The molecule has 0 aliphatic heterocycles. The maximum Gasteiger partial charge on any atom is 0.335 e. The number of hydrogen-bond donors (Lipinski definition) is 3. The highest BCUT2D eigenvalue weighted by atomic mass is 16.6. The van der Waals surface area contributed by atoms with Crippen LogP contribution in [0.25, 0.3) is 11.3 Å². The average Bonchev–Trinajstić information content (AvgIpc) is 3.38. The highest BCUT2D eigenvalue weighted by Crippen LogP contribution is 2.32. The van der Waals surface area contributed by atoms with E-state index >= 15 is 0 Å². The van der Waals surface area contributed by atoms with Crippen molar-refractivity contribution in [2.24, 2.45) is 11.8 Å². The van der Waals surface area contributed by atoms with Crippen molar-refractivity contribution in [2.75, 3.05) is 0 Å². The number of esters is 1. The number of hydrogen-bond acceptors (Lipinski definition) is 5. The van der Waals surface area contributed by atoms with Gasteiger partial charge in [-0.3, -0.25) is 9.59 Å². The van der Waals surface area contributed by atoms with Crippen LogP contribution in [0.4, 0.5) is 0 Å². The number of ether oxygens (including phenoxy) is 1. The molecule has 0 bridgehead atoms. The second-order valence-electron chi connectivity index (χ2n) is 11.3. The molecule has 1 fully saturated rings. The van der Waals surface area contributed by atoms with Crippen molar-refractivity contribution >= 4 is 17.8 Å². The van der Waals surface area contributed by atoms with E-state index in [0.717, 1.165) is 42.5 Å². The fourth-order valence-electron chi connectivity index (χ4n) is 5.06. The predicted molar refractivity (Wildman–Crippen MR) is 148 cm³/mol. The number of carbonyl (C=O) groups excluding carboxylic acids is 2. The molecule has 3 N–H and O–H groups in total. The topological polar surface area (TPSA) is 121 Å². The number of nitrogens with zero attached hydrogens (tertiary/aromatic N) is 1. The van der Waals surface area contributed by atoms with E-state index in [2.05, 4.69) is 15.3 Å². The number of carboxylic acids is 1. The molecule has 3 aromatic rings. The molecule has 8 heteroatoms. The smallest absolute Gasteiger partial charge is 0.335 e. The van der Waals surface area contributed by atoms with Gasteiger partial charge < -0.3 is 20.1 Å². The van der Waals surface area contributed by atoms with E-state index in [9.17, 15) is 14.4 Å². The summed E-state index contributed by atoms with van der Waals surface area (Å²) >= 11 is 0. The summed E-state index contributed by atoms with van der Waals surface area (Å²) in [6, 6.07) is 16.2. The minimum Gasteiger partial charge on any atom is -0.478 e. The molecule has 206 valence electrons. The SMILES string of the molecule is CC(C)(C)OC(=O)CC1CCC(C(=O)NC(Cc2ccccc2)c2ncc(-c3ccc(C(=O)O)cc3)[nH]2)CC1. The van der Waals surface area contributed by atoms with E-state index in [0.29, 0.717) is 18.7 Å². The molecule has 1 aliphatic rings. The predicted octanol–water partition coefficient (Wildman–Crippen LogP) is 5.71. The maximum atomic E-state index is 13.4. The first-order valence-corrected chi connectivity index (χ1v) is 13.5. The normalized spacial score (nSPS) is 18.2. The Morgan fingerprint density at radius 2 is 1.69 bits per heavy atom. The first kappa shape index (κ1) is 28.1. The molecule has 1 heterocycles. The fraction of sp³-hybridized carbons (Fsp3) is 0.419. The molecule has 1 aliphatic carbocycles. The minimum atomic E-state index is -0.976. The number of imidazole rings is 1. The molecular weight excluding hydrogens is 494 g/mol. The van der Waals surface area contributed by atoms with E-state index in [1.807, 2.05) is 51.1 Å². The van der Waals surface area contributed by atoms with Crippen molar-refractivity contribution in [2.45, 2.75) is 70.9 Å². The van der Waals surface area contributed by atoms with E-state index in [1.165, 1.54) is 0 Å². The van der Waals surface area contributed by atoms with Crippen molar-refractivity contribution < 1.29 is 24.2 Å². The number of carboxylic acid groups (broad SMARTS) is 1. The van der Waals surface area contributed by atoms with Crippen LogP contribution in [-0.4, -0.2) is 38.5 Å². The molecule has 1 aromatic heterocycles. The molecular formula is C31H37N3O5. The molecule has 2 aromatic carbocycles. The summed E-state index contributed by atoms with van der Waals surface area (Å²) in [5.41, 5.74) is 2.36. The number of benzene rings is 2. The van der Waals surface area contributed by atoms with Crippen molar-refractivity contribution in [3.63, 3.8) is 0 Å². The minimum absolute atomic E-state index is 0.00425. The third-order valence-electron chi connectivity index (χ3n) is 7.06. The number of H-pyrrole nitrogens is 1. The first-order valence-electron chi connectivity index (χ1n) is 13.5. The van der Waals surface area contributed by atoms with Crippen LogP contribution in [-0.2, 0) is 20.7 Å². The Morgan fingerprint density at radius 1 is 1.03 bits per heavy atom. The Hall–Kier alpha value is -3.94. The largest absolute Gasteiger partial charge is 0.478 e. The van der Waals surface area contributed by atoms with Crippen LogP contribution >= 0.6 is 0 Å². The summed E-state index contributed by atoms with van der Waals surface area (Å²) in [5, 5.41) is 12.4. The van der Waals surface area contributed by atoms with Gasteiger partial charge in [-0.2, -0.15) is 0 Å². The summed E-state index contributed by atoms with van der Waals surface area (Å²) in [7, 11) is 0. The summed E-state index contributed by atoms with van der Waals surface area (Å²) < 4.78 is 5.47. The standard InChI is InChI=1S/C31H37N3O5/c1-31(2,3)39-27(35)18-21-9-11-23(12-10-21)29(36)34-25(17-20-7-5-4-6-8-20)28-32-19-26(33-28)22-13-15-24(16-14-22)30(37)38/h4-8,13-16,19,21,23,25H,9-12,17-18H2,1-3H3,(H,32,33)(H,34,36)(H,37,38). The van der Waals surface area contributed by atoms with Crippen LogP contribution in [0.15, 0.2) is 60.8 Å². The van der Waals surface area contributed by atoms with Crippen LogP contribution in [0.2, 0.25) is 0 Å². The van der Waals surface area contributed by atoms with Gasteiger partial charge in [0, 0.05) is 12.3 Å². The van der Waals surface area contributed by atoms with Gasteiger partial charge in [0.15, 0.2) is 0 Å². The highest BCUT2D eigenvalue weighted by Gasteiger charge is 2.30. The Labute approximate surface area is 229 Å². The van der Waals surface area contributed by atoms with Gasteiger partial charge in [-0.25, -0.2) is 9.78 Å². The van der Waals surface area contributed by atoms with Crippen molar-refractivity contribution in [3.8, 4) is 11.3 Å². The fourth-order valence-corrected chi connectivity index (χ4v) is 5.06. The summed E-state index contributed by atoms with van der Waals surface area (Å²) in [5.74, 6) is -0.389. The van der Waals surface area contributed by atoms with Crippen molar-refractivity contribution in [1.29, 1.82) is 0 Å². The number of aromatic amines is 1. The van der Waals surface area contributed by atoms with Gasteiger partial charge in [-0.1, -0.05) is 42.5 Å². The van der Waals surface area contributed by atoms with Gasteiger partial charge in [0.1, 0.15) is 11.4 Å². The lowest BCUT2D eigenvalue weighted by Crippen LogP contribution is -2.37. The Morgan fingerprint density at radius 3 is 2.31 bits per heavy atom. The Bertz CT molecular complexity index is 1270. The number of aromatic carboxylic acids is 1. The lowest BCUT2D eigenvalue weighted by molar-refractivity contribution is -0.156. The molecule has 8 nitrogen and oxygen atoms in total. The van der Waals surface area contributed by atoms with Crippen molar-refractivity contribution in [1.82, 2.24) is 15.3 Å². The number of rotatable bonds is 9. The summed E-state index contributed by atoms with van der Waals surface area (Å²) in [4.78, 5) is 44.7. The molecule has 1 atom stereocenters. The van der Waals surface area contributed by atoms with Crippen LogP contribution < -0.4 is 5.32 Å². The zero-order valence-corrected chi connectivity index (χ0v) is 22.8. The summed E-state index contributed by atoms with van der Waals surface area (Å²) in [6.45, 7) is 5.61. The van der Waals surface area contributed by atoms with Crippen LogP contribution in [0.5, 0.6) is 0 Å². The van der Waals surface area contributed by atoms with Gasteiger partial charge >= 0.3 is 11.9 Å². The Balaban J connectivity index is 1.42. The average molecular weight is 532 g/mol. The molecule has 4 rings (SSSR count). The molecule has 1 unspecified atom stereocenters. The monoisotopic (exact) mass is 531 g/mol. The second kappa shape index (κ2) is 12.3. The molecule has 39 heavy (non-hydrogen) atoms. The molecule has 0 radical (unpaired) electrons. The van der Waals surface area contributed by atoms with E-state index < -0.39 is 11.6 Å².